The first-order valence-corrected chi connectivity index (χ1v) is 6.93. The maximum Gasteiger partial charge on any atom is 0.321 e. The number of carbonyl (C=O) groups is 1. The van der Waals surface area contributed by atoms with Crippen molar-refractivity contribution < 1.29 is 17.9 Å². The van der Waals surface area contributed by atoms with Crippen molar-refractivity contribution in [3.05, 3.63) is 24.0 Å². The molecule has 0 spiro atoms. The highest BCUT2D eigenvalue weighted by atomic mass is 32.2. The molecule has 0 radical (unpaired) electrons. The fraction of sp³-hybridized carbons (Fsp3) is 0.300. The van der Waals surface area contributed by atoms with Crippen LogP contribution in [0.5, 0.6) is 0 Å². The quantitative estimate of drug-likeness (QED) is 0.578. The summed E-state index contributed by atoms with van der Waals surface area (Å²) in [6.07, 6.45) is 1.38. The number of rotatable bonds is 5. The number of aromatic nitrogens is 1. The number of esters is 1. The lowest BCUT2D eigenvalue weighted by atomic mass is 10.3. The summed E-state index contributed by atoms with van der Waals surface area (Å²) in [5.41, 5.74) is 5.43. The maximum atomic E-state index is 12.3. The van der Waals surface area contributed by atoms with Gasteiger partial charge in [-0.2, -0.15) is 4.31 Å². The van der Waals surface area contributed by atoms with Crippen molar-refractivity contribution >= 4 is 33.2 Å². The van der Waals surface area contributed by atoms with Gasteiger partial charge >= 0.3 is 5.97 Å². The average Bonchev–Trinajstić information content (AvgIpc) is 2.38. The molecular weight excluding hydrogens is 290 g/mol. The Kier molecular flexibility index (Phi) is 4.92. The molecule has 1 aromatic rings. The Morgan fingerprint density at radius 2 is 2.21 bits per heavy atom. The molecule has 1 heterocycles. The van der Waals surface area contributed by atoms with Gasteiger partial charge in [0.1, 0.15) is 22.1 Å². The third-order valence-electron chi connectivity index (χ3n) is 2.27. The van der Waals surface area contributed by atoms with E-state index >= 15 is 0 Å². The highest BCUT2D eigenvalue weighted by Crippen LogP contribution is 2.17. The number of carbonyl (C=O) groups excluding carboxylic acids is 1. The van der Waals surface area contributed by atoms with Crippen LogP contribution in [0.1, 0.15) is 5.69 Å². The van der Waals surface area contributed by atoms with Crippen LogP contribution in [0.2, 0.25) is 0 Å². The number of sulfonamides is 1. The van der Waals surface area contributed by atoms with Gasteiger partial charge in [-0.1, -0.05) is 12.2 Å². The van der Waals surface area contributed by atoms with Crippen LogP contribution in [-0.2, 0) is 19.6 Å². The summed E-state index contributed by atoms with van der Waals surface area (Å²) < 4.78 is 29.8. The van der Waals surface area contributed by atoms with Crippen LogP contribution in [0.25, 0.3) is 0 Å². The zero-order valence-electron chi connectivity index (χ0n) is 10.4. The van der Waals surface area contributed by atoms with E-state index in [1.165, 1.54) is 32.5 Å². The van der Waals surface area contributed by atoms with Crippen LogP contribution in [0, 0.1) is 0 Å². The number of nitrogens with zero attached hydrogens (tertiary/aromatic N) is 2. The molecule has 9 heteroatoms. The Bertz CT molecular complexity index is 601. The van der Waals surface area contributed by atoms with Crippen LogP contribution in [0.3, 0.4) is 0 Å². The van der Waals surface area contributed by atoms with Crippen molar-refractivity contribution in [1.82, 2.24) is 9.29 Å². The normalized spacial score (nSPS) is 11.3. The first kappa shape index (κ1) is 15.5. The summed E-state index contributed by atoms with van der Waals surface area (Å²) >= 11 is 4.76. The highest BCUT2D eigenvalue weighted by Gasteiger charge is 2.27. The molecule has 0 saturated heterocycles. The van der Waals surface area contributed by atoms with Crippen LogP contribution < -0.4 is 5.73 Å². The van der Waals surface area contributed by atoms with Crippen molar-refractivity contribution in [3.8, 4) is 0 Å². The predicted octanol–water partition coefficient (Wildman–Crippen LogP) is -0.491. The molecule has 2 N–H and O–H groups in total. The second kappa shape index (κ2) is 6.04. The fourth-order valence-corrected chi connectivity index (χ4v) is 2.78. The highest BCUT2D eigenvalue weighted by molar-refractivity contribution is 7.89. The molecule has 7 nitrogen and oxygen atoms in total. The summed E-state index contributed by atoms with van der Waals surface area (Å²) in [6.45, 7) is -0.412. The van der Waals surface area contributed by atoms with Gasteiger partial charge in [0, 0.05) is 13.2 Å². The number of pyridine rings is 1. The topological polar surface area (TPSA) is 103 Å². The van der Waals surface area contributed by atoms with Gasteiger partial charge < -0.3 is 10.5 Å². The Morgan fingerprint density at radius 1 is 1.58 bits per heavy atom. The third kappa shape index (κ3) is 3.46. The van der Waals surface area contributed by atoms with Gasteiger partial charge in [0.05, 0.1) is 7.11 Å². The lowest BCUT2D eigenvalue weighted by Crippen LogP contribution is -2.34. The summed E-state index contributed by atoms with van der Waals surface area (Å²) in [4.78, 5) is 14.7. The van der Waals surface area contributed by atoms with E-state index < -0.39 is 22.5 Å². The molecule has 0 aliphatic heterocycles. The van der Waals surface area contributed by atoms with E-state index in [2.05, 4.69) is 9.72 Å². The van der Waals surface area contributed by atoms with Crippen molar-refractivity contribution in [2.24, 2.45) is 5.73 Å². The molecule has 104 valence electrons. The molecule has 0 atom stereocenters. The lowest BCUT2D eigenvalue weighted by molar-refractivity contribution is -0.140. The fourth-order valence-electron chi connectivity index (χ4n) is 1.28. The minimum absolute atomic E-state index is 0.00536. The van der Waals surface area contributed by atoms with Crippen molar-refractivity contribution in [2.75, 3.05) is 20.7 Å². The monoisotopic (exact) mass is 303 g/mol. The van der Waals surface area contributed by atoms with Crippen LogP contribution >= 0.6 is 12.2 Å². The zero-order valence-corrected chi connectivity index (χ0v) is 12.0. The summed E-state index contributed by atoms with van der Waals surface area (Å²) in [7, 11) is -1.49. The first-order chi connectivity index (χ1) is 8.80. The van der Waals surface area contributed by atoms with Crippen molar-refractivity contribution in [1.29, 1.82) is 0 Å². The zero-order chi connectivity index (χ0) is 14.6. The maximum absolute atomic E-state index is 12.3. The Balaban J connectivity index is 3.21. The summed E-state index contributed by atoms with van der Waals surface area (Å²) in [5.74, 6) is -0.674. The van der Waals surface area contributed by atoms with Gasteiger partial charge in [-0.15, -0.1) is 0 Å². The number of hydrogen-bond donors (Lipinski definition) is 1. The minimum atomic E-state index is -3.92. The van der Waals surface area contributed by atoms with Gasteiger partial charge in [-0.05, 0) is 12.1 Å². The molecule has 19 heavy (non-hydrogen) atoms. The van der Waals surface area contributed by atoms with E-state index in [1.807, 2.05) is 0 Å². The molecule has 0 amide bonds. The second-order valence-corrected chi connectivity index (χ2v) is 6.00. The number of thiocarbonyl (C=S) groups is 1. The smallest absolute Gasteiger partial charge is 0.321 e. The molecule has 0 aliphatic rings. The first-order valence-electron chi connectivity index (χ1n) is 5.08. The molecule has 0 fully saturated rings. The van der Waals surface area contributed by atoms with Gasteiger partial charge in [0.2, 0.25) is 10.0 Å². The Morgan fingerprint density at radius 3 is 2.74 bits per heavy atom. The Labute approximate surface area is 116 Å². The number of methoxy groups -OCH3 is 1. The molecule has 1 aromatic heterocycles. The van der Waals surface area contributed by atoms with Gasteiger partial charge in [-0.25, -0.2) is 8.42 Å². The average molecular weight is 303 g/mol. The van der Waals surface area contributed by atoms with Crippen LogP contribution in [-0.4, -0.2) is 49.4 Å². The third-order valence-corrected chi connectivity index (χ3v) is 4.30. The van der Waals surface area contributed by atoms with E-state index in [4.69, 9.17) is 18.0 Å². The number of likely N-dealkylation sites (N-methyl/N-ethyl adjacent to an activating group) is 1. The molecule has 0 aliphatic carbocycles. The van der Waals surface area contributed by atoms with Gasteiger partial charge in [0.15, 0.2) is 0 Å². The molecule has 1 rings (SSSR count). The summed E-state index contributed by atoms with van der Waals surface area (Å²) in [5, 5.41) is 0. The van der Waals surface area contributed by atoms with Crippen molar-refractivity contribution in [3.63, 3.8) is 0 Å². The van der Waals surface area contributed by atoms with E-state index in [0.717, 1.165) is 4.31 Å². The predicted molar refractivity (Wildman–Crippen MR) is 72.0 cm³/mol. The van der Waals surface area contributed by atoms with E-state index in [1.54, 1.807) is 0 Å². The van der Waals surface area contributed by atoms with Gasteiger partial charge in [-0.3, -0.25) is 9.78 Å². The number of ether oxygens (including phenoxy) is 1. The minimum Gasteiger partial charge on any atom is -0.468 e. The SMILES string of the molecule is COC(=O)CN(C)S(=O)(=O)c1cccnc1C(N)=S. The standard InChI is InChI=1S/C10H13N3O4S2/c1-13(6-8(14)17-2)19(15,16)7-4-3-5-12-9(7)10(11)18/h3-5H,6H2,1-2H3,(H2,11,18). The number of nitrogens with two attached hydrogens (primary N) is 1. The van der Waals surface area contributed by atoms with Crippen LogP contribution in [0.15, 0.2) is 23.2 Å². The van der Waals surface area contributed by atoms with E-state index in [0.29, 0.717) is 0 Å². The molecule has 0 saturated carbocycles. The lowest BCUT2D eigenvalue weighted by Gasteiger charge is -2.17. The molecular formula is C10H13N3O4S2. The second-order valence-electron chi connectivity index (χ2n) is 3.55. The number of hydrogen-bond acceptors (Lipinski definition) is 6. The molecule has 0 bridgehead atoms. The largest absolute Gasteiger partial charge is 0.468 e. The summed E-state index contributed by atoms with van der Waals surface area (Å²) in [6, 6.07) is 2.77. The molecule has 0 unspecified atom stereocenters. The Hall–Kier alpha value is -1.58. The van der Waals surface area contributed by atoms with Gasteiger partial charge in [0.25, 0.3) is 0 Å². The molecule has 0 aromatic carbocycles. The van der Waals surface area contributed by atoms with Crippen molar-refractivity contribution in [2.45, 2.75) is 4.90 Å². The van der Waals surface area contributed by atoms with Crippen LogP contribution in [0.4, 0.5) is 0 Å². The van der Waals surface area contributed by atoms with E-state index in [9.17, 15) is 13.2 Å². The van der Waals surface area contributed by atoms with E-state index in [-0.39, 0.29) is 15.6 Å².